The number of hydrogen-bond donors (Lipinski definition) is 1. The summed E-state index contributed by atoms with van der Waals surface area (Å²) in [6.07, 6.45) is 5.51. The van der Waals surface area contributed by atoms with Gasteiger partial charge >= 0.3 is 11.9 Å². The van der Waals surface area contributed by atoms with Gasteiger partial charge in [-0.1, -0.05) is 20.3 Å². The molecule has 7 nitrogen and oxygen atoms in total. The molecule has 2 rings (SSSR count). The van der Waals surface area contributed by atoms with Crippen LogP contribution in [0.4, 0.5) is 0 Å². The summed E-state index contributed by atoms with van der Waals surface area (Å²) in [7, 11) is 0. The maximum Gasteiger partial charge on any atom is 0.343 e. The standard InChI is InChI=1S/C17H31N3O4/c1-3-19(4-2)12-6-5-7-15-16(21)23-20(24-17(15)22)14-10-8-13(18)9-11-14/h13-15H,3-12,18H2,1-2H3. The second kappa shape index (κ2) is 9.34. The highest BCUT2D eigenvalue weighted by Gasteiger charge is 2.41. The minimum atomic E-state index is -0.788. The van der Waals surface area contributed by atoms with Crippen molar-refractivity contribution < 1.29 is 19.3 Å². The third-order valence-corrected chi connectivity index (χ3v) is 5.08. The van der Waals surface area contributed by atoms with Crippen LogP contribution in [-0.4, -0.2) is 53.8 Å². The number of hydroxylamine groups is 2. The van der Waals surface area contributed by atoms with Gasteiger partial charge in [0, 0.05) is 11.3 Å². The lowest BCUT2D eigenvalue weighted by atomic mass is 9.92. The van der Waals surface area contributed by atoms with Crippen molar-refractivity contribution in [3.63, 3.8) is 0 Å². The van der Waals surface area contributed by atoms with E-state index in [1.165, 1.54) is 0 Å². The number of unbranched alkanes of at least 4 members (excludes halogenated alkanes) is 1. The summed E-state index contributed by atoms with van der Waals surface area (Å²) < 4.78 is 0. The number of carbonyl (C=O) groups is 2. The minimum Gasteiger partial charge on any atom is -0.332 e. The summed E-state index contributed by atoms with van der Waals surface area (Å²) in [5.74, 6) is -1.75. The first-order valence-corrected chi connectivity index (χ1v) is 9.25. The molecule has 2 N–H and O–H groups in total. The Morgan fingerprint density at radius 1 is 1.04 bits per heavy atom. The summed E-state index contributed by atoms with van der Waals surface area (Å²) in [5.41, 5.74) is 5.87. The summed E-state index contributed by atoms with van der Waals surface area (Å²) >= 11 is 0. The molecule has 1 aliphatic heterocycles. The Morgan fingerprint density at radius 3 is 2.17 bits per heavy atom. The molecule has 0 aromatic rings. The van der Waals surface area contributed by atoms with Gasteiger partial charge in [0.2, 0.25) is 0 Å². The van der Waals surface area contributed by atoms with Crippen molar-refractivity contribution in [1.82, 2.24) is 10.1 Å². The van der Waals surface area contributed by atoms with Crippen LogP contribution in [0.3, 0.4) is 0 Å². The highest BCUT2D eigenvalue weighted by Crippen LogP contribution is 2.27. The smallest absolute Gasteiger partial charge is 0.332 e. The van der Waals surface area contributed by atoms with E-state index in [0.717, 1.165) is 63.4 Å². The normalized spacial score (nSPS) is 26.5. The van der Waals surface area contributed by atoms with Gasteiger partial charge in [0.25, 0.3) is 0 Å². The van der Waals surface area contributed by atoms with E-state index >= 15 is 0 Å². The Bertz CT molecular complexity index is 402. The minimum absolute atomic E-state index is 0.0682. The van der Waals surface area contributed by atoms with Gasteiger partial charge in [-0.3, -0.25) is 0 Å². The van der Waals surface area contributed by atoms with Gasteiger partial charge in [0.1, 0.15) is 0 Å². The van der Waals surface area contributed by atoms with Crippen molar-refractivity contribution in [2.24, 2.45) is 11.7 Å². The molecule has 0 amide bonds. The van der Waals surface area contributed by atoms with Crippen LogP contribution in [0.15, 0.2) is 0 Å². The van der Waals surface area contributed by atoms with Gasteiger partial charge < -0.3 is 20.3 Å². The molecule has 7 heteroatoms. The Hall–Kier alpha value is -1.18. The first-order valence-electron chi connectivity index (χ1n) is 9.25. The molecule has 24 heavy (non-hydrogen) atoms. The highest BCUT2D eigenvalue weighted by molar-refractivity contribution is 5.95. The fourth-order valence-corrected chi connectivity index (χ4v) is 3.34. The van der Waals surface area contributed by atoms with Crippen LogP contribution >= 0.6 is 0 Å². The fraction of sp³-hybridized carbons (Fsp3) is 0.882. The molecule has 0 bridgehead atoms. The molecular formula is C17H31N3O4. The van der Waals surface area contributed by atoms with E-state index in [1.807, 2.05) is 0 Å². The van der Waals surface area contributed by atoms with E-state index in [1.54, 1.807) is 0 Å². The monoisotopic (exact) mass is 341 g/mol. The molecule has 0 unspecified atom stereocenters. The zero-order valence-electron chi connectivity index (χ0n) is 14.9. The zero-order valence-corrected chi connectivity index (χ0v) is 14.9. The van der Waals surface area contributed by atoms with Crippen LogP contribution in [0.25, 0.3) is 0 Å². The van der Waals surface area contributed by atoms with E-state index in [4.69, 9.17) is 15.4 Å². The first-order chi connectivity index (χ1) is 11.5. The second-order valence-electron chi connectivity index (χ2n) is 6.75. The summed E-state index contributed by atoms with van der Waals surface area (Å²) in [4.78, 5) is 37.2. The van der Waals surface area contributed by atoms with Gasteiger partial charge in [-0.05, 0) is 58.2 Å². The van der Waals surface area contributed by atoms with Crippen molar-refractivity contribution in [3.05, 3.63) is 0 Å². The molecule has 0 spiro atoms. The molecule has 2 aliphatic rings. The lowest BCUT2D eigenvalue weighted by molar-refractivity contribution is -0.364. The van der Waals surface area contributed by atoms with Gasteiger partial charge in [-0.25, -0.2) is 9.59 Å². The fourth-order valence-electron chi connectivity index (χ4n) is 3.34. The molecule has 0 radical (unpaired) electrons. The average molecular weight is 341 g/mol. The van der Waals surface area contributed by atoms with Gasteiger partial charge in [-0.15, -0.1) is 0 Å². The van der Waals surface area contributed by atoms with E-state index < -0.39 is 17.9 Å². The van der Waals surface area contributed by atoms with E-state index in [9.17, 15) is 9.59 Å². The molecule has 1 saturated carbocycles. The van der Waals surface area contributed by atoms with Crippen LogP contribution in [0.1, 0.15) is 58.8 Å². The highest BCUT2D eigenvalue weighted by atomic mass is 17.0. The number of carbonyl (C=O) groups excluding carboxylic acids is 2. The molecule has 0 atom stereocenters. The van der Waals surface area contributed by atoms with Crippen molar-refractivity contribution in [2.75, 3.05) is 19.6 Å². The Labute approximate surface area is 144 Å². The van der Waals surface area contributed by atoms with Crippen molar-refractivity contribution in [1.29, 1.82) is 0 Å². The molecule has 1 saturated heterocycles. The van der Waals surface area contributed by atoms with E-state index in [-0.39, 0.29) is 12.1 Å². The molecule has 1 aliphatic carbocycles. The number of hydrogen-bond acceptors (Lipinski definition) is 7. The molecule has 0 aromatic heterocycles. The Balaban J connectivity index is 1.75. The van der Waals surface area contributed by atoms with E-state index in [0.29, 0.717) is 6.42 Å². The third-order valence-electron chi connectivity index (χ3n) is 5.08. The van der Waals surface area contributed by atoms with Gasteiger partial charge in [-0.2, -0.15) is 0 Å². The quantitative estimate of drug-likeness (QED) is 0.530. The second-order valence-corrected chi connectivity index (χ2v) is 6.75. The predicted molar refractivity (Wildman–Crippen MR) is 89.4 cm³/mol. The summed E-state index contributed by atoms with van der Waals surface area (Å²) in [5, 5.41) is 1.11. The van der Waals surface area contributed by atoms with Crippen LogP contribution in [0.2, 0.25) is 0 Å². The average Bonchev–Trinajstić information content (AvgIpc) is 2.57. The van der Waals surface area contributed by atoms with Crippen LogP contribution < -0.4 is 5.73 Å². The Morgan fingerprint density at radius 2 is 1.62 bits per heavy atom. The van der Waals surface area contributed by atoms with Crippen LogP contribution in [-0.2, 0) is 19.3 Å². The van der Waals surface area contributed by atoms with Gasteiger partial charge in [0.05, 0.1) is 6.04 Å². The Kier molecular flexibility index (Phi) is 7.45. The van der Waals surface area contributed by atoms with Crippen molar-refractivity contribution >= 4 is 11.9 Å². The number of nitrogens with two attached hydrogens (primary N) is 1. The predicted octanol–water partition coefficient (Wildman–Crippen LogP) is 1.62. The zero-order chi connectivity index (χ0) is 17.5. The number of nitrogens with zero attached hydrogens (tertiary/aromatic N) is 2. The van der Waals surface area contributed by atoms with Crippen LogP contribution in [0, 0.1) is 5.92 Å². The molecule has 1 heterocycles. The van der Waals surface area contributed by atoms with Crippen molar-refractivity contribution in [3.8, 4) is 0 Å². The molecule has 0 aromatic carbocycles. The topological polar surface area (TPSA) is 85.1 Å². The summed E-state index contributed by atoms with van der Waals surface area (Å²) in [6.45, 7) is 7.28. The SMILES string of the molecule is CCN(CC)CCCCC1C(=O)ON(C2CCC(N)CC2)OC1=O. The third kappa shape index (κ3) is 5.16. The van der Waals surface area contributed by atoms with E-state index in [2.05, 4.69) is 18.7 Å². The first kappa shape index (κ1) is 19.1. The lowest BCUT2D eigenvalue weighted by Crippen LogP contribution is -2.49. The largest absolute Gasteiger partial charge is 0.343 e. The number of rotatable bonds is 8. The molecule has 2 fully saturated rings. The van der Waals surface area contributed by atoms with Gasteiger partial charge in [0.15, 0.2) is 5.92 Å². The molecule has 138 valence electrons. The van der Waals surface area contributed by atoms with Crippen molar-refractivity contribution in [2.45, 2.75) is 70.9 Å². The van der Waals surface area contributed by atoms with Crippen LogP contribution in [0.5, 0.6) is 0 Å². The maximum absolute atomic E-state index is 12.2. The lowest BCUT2D eigenvalue weighted by Gasteiger charge is -2.35. The summed E-state index contributed by atoms with van der Waals surface area (Å²) in [6, 6.07) is 0.123. The molecular weight excluding hydrogens is 310 g/mol. The maximum atomic E-state index is 12.2.